The van der Waals surface area contributed by atoms with Gasteiger partial charge in [0.05, 0.1) is 6.33 Å². The molecular weight excluding hydrogens is 1280 g/mol. The number of phenolic OH excluding ortho intramolecular Hbond substituents is 1. The van der Waals surface area contributed by atoms with Crippen LogP contribution in [0.5, 0.6) is 5.75 Å². The molecule has 1 aliphatic rings. The van der Waals surface area contributed by atoms with Gasteiger partial charge in [0.1, 0.15) is 65.9 Å². The third kappa shape index (κ3) is 24.5. The molecule has 95 heavy (non-hydrogen) atoms. The lowest BCUT2D eigenvalue weighted by molar-refractivity contribution is -0.138. The highest BCUT2D eigenvalue weighted by atomic mass is 33.1. The molecule has 0 saturated carbocycles. The van der Waals surface area contributed by atoms with Gasteiger partial charge in [-0.3, -0.25) is 62.7 Å². The topological polar surface area (TPSA) is 536 Å². The summed E-state index contributed by atoms with van der Waals surface area (Å²) in [5, 5.41) is 43.9. The molecule has 0 unspecified atom stereocenters. The number of hydrogen-bond donors (Lipinski definition) is 18. The van der Waals surface area contributed by atoms with Crippen molar-refractivity contribution in [3.8, 4) is 5.75 Å². The van der Waals surface area contributed by atoms with Crippen molar-refractivity contribution in [2.24, 2.45) is 38.7 Å². The number of carboxylic acid groups (broad SMARTS) is 1. The Kier molecular flexibility index (Phi) is 28.4. The van der Waals surface area contributed by atoms with Crippen molar-refractivity contribution < 1.29 is 67.3 Å². The van der Waals surface area contributed by atoms with Crippen LogP contribution in [-0.4, -0.2) is 181 Å². The summed E-state index contributed by atoms with van der Waals surface area (Å²) in [7, 11) is 1.74. The Morgan fingerprint density at radius 2 is 1.21 bits per heavy atom. The first kappa shape index (κ1) is 73.6. The maximum absolute atomic E-state index is 14.9. The number of halogens is 1. The average molecular weight is 1360 g/mol. The number of nitrogens with one attached hydrogen (secondary N) is 11. The van der Waals surface area contributed by atoms with E-state index in [1.165, 1.54) is 55.8 Å². The number of primary amides is 1. The summed E-state index contributed by atoms with van der Waals surface area (Å²) in [6, 6.07) is 3.62. The fourth-order valence-electron chi connectivity index (χ4n) is 9.81. The number of H-pyrrole nitrogens is 2. The number of hydrogen-bond acceptors (Lipinski definition) is 17. The number of aromatic hydroxyl groups is 1. The number of imidazole rings is 1. The Morgan fingerprint density at radius 3 is 1.83 bits per heavy atom. The summed E-state index contributed by atoms with van der Waals surface area (Å²) in [5.74, 6) is -13.0. The number of aliphatic imine (C=N–C) groups is 2. The van der Waals surface area contributed by atoms with Gasteiger partial charge in [-0.15, -0.1) is 0 Å². The molecule has 3 aromatic carbocycles. The quantitative estimate of drug-likeness (QED) is 0.0122. The average Bonchev–Trinajstić information content (AvgIpc) is 1.82. The normalized spacial score (nSPS) is 20.1. The molecular formula is C60H78FN19O13S2. The molecule has 32 nitrogen and oxygen atoms in total. The number of carbonyl (C=O) groups excluding carboxylic acids is 10. The number of fused-ring (bicyclic) bond motifs is 1. The number of amides is 10. The lowest BCUT2D eigenvalue weighted by Gasteiger charge is -2.28. The number of guanidine groups is 2. The van der Waals surface area contributed by atoms with E-state index in [-0.39, 0.29) is 93.6 Å². The van der Waals surface area contributed by atoms with E-state index in [0.29, 0.717) is 27.6 Å². The Bertz CT molecular complexity index is 3550. The van der Waals surface area contributed by atoms with Crippen molar-refractivity contribution in [3.63, 3.8) is 0 Å². The lowest BCUT2D eigenvalue weighted by atomic mass is 10.0. The van der Waals surface area contributed by atoms with Crippen molar-refractivity contribution >= 4 is 109 Å². The van der Waals surface area contributed by atoms with E-state index in [1.807, 2.05) is 0 Å². The zero-order valence-electron chi connectivity index (χ0n) is 51.6. The van der Waals surface area contributed by atoms with Gasteiger partial charge >= 0.3 is 5.97 Å². The highest BCUT2D eigenvalue weighted by Crippen LogP contribution is 2.25. The van der Waals surface area contributed by atoms with E-state index in [9.17, 15) is 67.3 Å². The number of benzene rings is 3. The van der Waals surface area contributed by atoms with E-state index in [2.05, 4.69) is 72.8 Å². The maximum atomic E-state index is 14.9. The largest absolute Gasteiger partial charge is 0.508 e. The summed E-state index contributed by atoms with van der Waals surface area (Å²) in [4.78, 5) is 173. The van der Waals surface area contributed by atoms with Crippen molar-refractivity contribution in [2.45, 2.75) is 126 Å². The highest BCUT2D eigenvalue weighted by molar-refractivity contribution is 8.76. The summed E-state index contributed by atoms with van der Waals surface area (Å²) in [6.07, 6.45) is 1.56. The molecule has 10 amide bonds. The number of nitrogens with two attached hydrogens (primary N) is 5. The first-order valence-corrected chi connectivity index (χ1v) is 32.4. The van der Waals surface area contributed by atoms with Gasteiger partial charge in [-0.2, -0.15) is 0 Å². The molecule has 510 valence electrons. The monoisotopic (exact) mass is 1360 g/mol. The zero-order valence-corrected chi connectivity index (χ0v) is 53.2. The van der Waals surface area contributed by atoms with E-state index >= 15 is 0 Å². The SMILES string of the molecule is CC(=O)N[C@@H](Cc1ccc(O)cc1)C(=O)N[C@@H](CCCN=C(N)N)C(=O)N[C@@H]1CSSC[C@H](C(N)=O)NC(=O)[C@@H](Cc2c[nH]c3ccccc23)NC(=O)[C@H](CCCN=C(N)N)NC(=O)[C@H](Cc2ccc(F)cc2)NC(=O)[C@H](Cc2cnc[nH]2)NC(=O)[C@@H](CCC(=O)O)NC1=O. The molecule has 0 radical (unpaired) electrons. The second kappa shape index (κ2) is 36.7. The minimum atomic E-state index is -1.80. The third-order valence-corrected chi connectivity index (χ3v) is 17.1. The molecule has 1 saturated heterocycles. The minimum Gasteiger partial charge on any atom is -0.508 e. The van der Waals surface area contributed by atoms with Gasteiger partial charge in [0.25, 0.3) is 0 Å². The number of carboxylic acids is 1. The predicted molar refractivity (Wildman–Crippen MR) is 350 cm³/mol. The molecule has 0 spiro atoms. The van der Waals surface area contributed by atoms with Crippen LogP contribution in [0.15, 0.2) is 102 Å². The number of rotatable bonds is 25. The molecule has 35 heteroatoms. The first-order valence-electron chi connectivity index (χ1n) is 29.9. The Balaban J connectivity index is 1.43. The molecule has 23 N–H and O–H groups in total. The molecule has 5 aromatic rings. The maximum Gasteiger partial charge on any atom is 0.303 e. The number of carbonyl (C=O) groups is 11. The molecule has 0 bridgehead atoms. The number of aliphatic carboxylic acids is 1. The van der Waals surface area contributed by atoms with Gasteiger partial charge in [0, 0.05) is 92.6 Å². The Morgan fingerprint density at radius 1 is 0.642 bits per heavy atom. The van der Waals surface area contributed by atoms with Gasteiger partial charge in [-0.05, 0) is 79.1 Å². The van der Waals surface area contributed by atoms with E-state index < -0.39 is 144 Å². The van der Waals surface area contributed by atoms with Crippen LogP contribution in [0.4, 0.5) is 4.39 Å². The van der Waals surface area contributed by atoms with Crippen molar-refractivity contribution in [1.82, 2.24) is 62.8 Å². The molecule has 9 atom stereocenters. The predicted octanol–water partition coefficient (Wildman–Crippen LogP) is -2.76. The summed E-state index contributed by atoms with van der Waals surface area (Å²) >= 11 is 0. The van der Waals surface area contributed by atoms with Crippen LogP contribution in [0.25, 0.3) is 10.9 Å². The van der Waals surface area contributed by atoms with Gasteiger partial charge in [0.15, 0.2) is 11.9 Å². The molecule has 2 aromatic heterocycles. The highest BCUT2D eigenvalue weighted by Gasteiger charge is 2.37. The van der Waals surface area contributed by atoms with Crippen molar-refractivity contribution in [3.05, 3.63) is 120 Å². The lowest BCUT2D eigenvalue weighted by Crippen LogP contribution is -2.61. The minimum absolute atomic E-state index is 0.0329. The zero-order chi connectivity index (χ0) is 69.1. The van der Waals surface area contributed by atoms with Gasteiger partial charge < -0.3 is 96.7 Å². The molecule has 1 aliphatic heterocycles. The number of phenols is 1. The van der Waals surface area contributed by atoms with Crippen molar-refractivity contribution in [1.29, 1.82) is 0 Å². The van der Waals surface area contributed by atoms with E-state index in [0.717, 1.165) is 33.7 Å². The van der Waals surface area contributed by atoms with Crippen LogP contribution in [0.2, 0.25) is 0 Å². The van der Waals surface area contributed by atoms with Crippen LogP contribution >= 0.6 is 21.6 Å². The standard InChI is InChI=1S/C60H78FN19O13S2/c1-31(81)72-43(22-33-12-16-37(82)17-13-33)54(89)73-41(9-5-21-69-60(65)66)52(87)80-48-29-95-94-28-47(50(62)85)79-56(91)45(24-34-26-70-39-7-3-2-6-38(34)39)77-51(86)40(8-4-20-68-59(63)64)74-55(90)44(23-32-10-14-35(61)15-11-32)76-57(92)46(25-36-27-67-30-71-36)78-53(88)42(75-58(48)93)18-19-49(83)84/h2-3,6-7,10-17,26-27,30,40-48,70,82H,4-5,8-9,18-25,28-29H2,1H3,(H2,62,85)(H,67,71)(H,72,81)(H,73,89)(H,74,90)(H,75,93)(H,76,92)(H,77,86)(H,78,88)(H,79,91)(H,80,87)(H,83,84)(H4,63,64,68)(H4,65,66,69)/t40-,41-,42+,43-,44-,45+,46-,47+,48+/m0/s1. The van der Waals surface area contributed by atoms with Crippen molar-refractivity contribution in [2.75, 3.05) is 24.6 Å². The number of para-hydroxylation sites is 1. The molecule has 3 heterocycles. The molecule has 0 aliphatic carbocycles. The van der Waals surface area contributed by atoms with E-state index in [4.69, 9.17) is 28.7 Å². The Hall–Kier alpha value is -10.4. The van der Waals surface area contributed by atoms with Crippen LogP contribution in [-0.2, 0) is 78.4 Å². The summed E-state index contributed by atoms with van der Waals surface area (Å²) < 4.78 is 14.3. The number of aromatic amines is 2. The third-order valence-electron chi connectivity index (χ3n) is 14.7. The van der Waals surface area contributed by atoms with Crippen LogP contribution in [0.1, 0.15) is 67.8 Å². The van der Waals surface area contributed by atoms with Gasteiger partial charge in [-0.1, -0.05) is 64.1 Å². The van der Waals surface area contributed by atoms with Gasteiger partial charge in [0.2, 0.25) is 59.1 Å². The molecule has 1 fully saturated rings. The fraction of sp³-hybridized carbons (Fsp3) is 0.400. The second-order valence-corrected chi connectivity index (χ2v) is 24.6. The Labute approximate surface area is 551 Å². The first-order chi connectivity index (χ1) is 45.3. The van der Waals surface area contributed by atoms with E-state index in [1.54, 1.807) is 30.5 Å². The van der Waals surface area contributed by atoms with Crippen LogP contribution in [0, 0.1) is 5.82 Å². The summed E-state index contributed by atoms with van der Waals surface area (Å²) in [6.45, 7) is 1.09. The van der Waals surface area contributed by atoms with Crippen LogP contribution in [0.3, 0.4) is 0 Å². The fourth-order valence-corrected chi connectivity index (χ4v) is 12.2. The smallest absolute Gasteiger partial charge is 0.303 e. The number of aromatic nitrogens is 3. The second-order valence-electron chi connectivity index (χ2n) is 22.1. The summed E-state index contributed by atoms with van der Waals surface area (Å²) in [5.41, 5.74) is 30.5. The molecule has 6 rings (SSSR count). The number of nitrogens with zero attached hydrogens (tertiary/aromatic N) is 3. The van der Waals surface area contributed by atoms with Crippen LogP contribution < -0.4 is 76.5 Å². The van der Waals surface area contributed by atoms with Gasteiger partial charge in [-0.25, -0.2) is 9.37 Å².